The maximum Gasteiger partial charge on any atom is 0.278 e. The summed E-state index contributed by atoms with van der Waals surface area (Å²) in [5, 5.41) is 10.3. The van der Waals surface area contributed by atoms with Crippen LogP contribution in [0.15, 0.2) is 23.0 Å². The Hall–Kier alpha value is -2.77. The van der Waals surface area contributed by atoms with Crippen LogP contribution in [0, 0.1) is 0 Å². The highest BCUT2D eigenvalue weighted by Crippen LogP contribution is 2.18. The normalized spacial score (nSPS) is 18.6. The van der Waals surface area contributed by atoms with Gasteiger partial charge in [0.1, 0.15) is 17.3 Å². The monoisotopic (exact) mass is 288 g/mol. The highest BCUT2D eigenvalue weighted by molar-refractivity contribution is 5.99. The van der Waals surface area contributed by atoms with Crippen LogP contribution in [0.3, 0.4) is 0 Å². The lowest BCUT2D eigenvalue weighted by molar-refractivity contribution is -0.136. The first-order chi connectivity index (χ1) is 10.1. The molecule has 1 N–H and O–H groups in total. The fourth-order valence-electron chi connectivity index (χ4n) is 2.28. The van der Waals surface area contributed by atoms with Gasteiger partial charge in [0.15, 0.2) is 0 Å². The van der Waals surface area contributed by atoms with Gasteiger partial charge in [-0.25, -0.2) is 0 Å². The molecule has 0 spiro atoms. The van der Waals surface area contributed by atoms with Crippen LogP contribution < -0.4 is 15.6 Å². The minimum absolute atomic E-state index is 0.167. The Bertz CT molecular complexity index is 798. The van der Waals surface area contributed by atoms with Gasteiger partial charge in [-0.2, -0.15) is 4.68 Å². The zero-order valence-corrected chi connectivity index (χ0v) is 11.2. The van der Waals surface area contributed by atoms with Gasteiger partial charge in [0.25, 0.3) is 11.5 Å². The number of amides is 2. The highest BCUT2D eigenvalue weighted by Gasteiger charge is 2.30. The Morgan fingerprint density at radius 3 is 2.86 bits per heavy atom. The Morgan fingerprint density at radius 2 is 2.14 bits per heavy atom. The summed E-state index contributed by atoms with van der Waals surface area (Å²) in [5.74, 6) is -0.368. The van der Waals surface area contributed by atoms with Crippen molar-refractivity contribution in [1.29, 1.82) is 0 Å². The van der Waals surface area contributed by atoms with E-state index in [0.717, 1.165) is 4.68 Å². The maximum atomic E-state index is 12.5. The number of nitrogens with one attached hydrogen (secondary N) is 1. The van der Waals surface area contributed by atoms with E-state index in [9.17, 15) is 14.4 Å². The number of carbonyl (C=O) groups excluding carboxylic acids is 2. The van der Waals surface area contributed by atoms with Crippen LogP contribution in [0.2, 0.25) is 0 Å². The minimum Gasteiger partial charge on any atom is -0.497 e. The summed E-state index contributed by atoms with van der Waals surface area (Å²) >= 11 is 0. The summed E-state index contributed by atoms with van der Waals surface area (Å²) in [6.45, 7) is 0. The van der Waals surface area contributed by atoms with E-state index in [4.69, 9.17) is 4.74 Å². The van der Waals surface area contributed by atoms with E-state index >= 15 is 0 Å². The maximum absolute atomic E-state index is 12.5. The molecule has 1 aliphatic rings. The predicted molar refractivity (Wildman–Crippen MR) is 71.8 cm³/mol. The lowest BCUT2D eigenvalue weighted by Crippen LogP contribution is -2.45. The number of methoxy groups -OCH3 is 1. The van der Waals surface area contributed by atoms with Crippen molar-refractivity contribution in [2.45, 2.75) is 18.9 Å². The first-order valence-electron chi connectivity index (χ1n) is 6.37. The van der Waals surface area contributed by atoms with Crippen LogP contribution >= 0.6 is 0 Å². The zero-order chi connectivity index (χ0) is 15.0. The van der Waals surface area contributed by atoms with Crippen molar-refractivity contribution in [3.8, 4) is 5.75 Å². The van der Waals surface area contributed by atoms with Crippen molar-refractivity contribution in [3.63, 3.8) is 0 Å². The molecule has 0 radical (unpaired) electrons. The summed E-state index contributed by atoms with van der Waals surface area (Å²) in [7, 11) is 1.49. The minimum atomic E-state index is -0.821. The van der Waals surface area contributed by atoms with E-state index < -0.39 is 17.5 Å². The molecule has 2 aromatic rings. The quantitative estimate of drug-likeness (QED) is 0.766. The SMILES string of the molecule is COc1ccc2nnn(C3CCC(=O)NC3=O)c(=O)c2c1. The molecule has 1 aromatic carbocycles. The van der Waals surface area contributed by atoms with E-state index in [1.165, 1.54) is 7.11 Å². The van der Waals surface area contributed by atoms with Gasteiger partial charge in [0, 0.05) is 6.42 Å². The molecule has 0 aliphatic carbocycles. The number of aromatic nitrogens is 3. The summed E-state index contributed by atoms with van der Waals surface area (Å²) in [5.41, 5.74) is -0.0160. The van der Waals surface area contributed by atoms with Crippen LogP contribution in [0.1, 0.15) is 18.9 Å². The summed E-state index contributed by atoms with van der Waals surface area (Å²) in [6, 6.07) is 4.03. The molecular formula is C13H12N4O4. The van der Waals surface area contributed by atoms with E-state index in [2.05, 4.69) is 15.6 Å². The number of imide groups is 1. The fraction of sp³-hybridized carbons (Fsp3) is 0.308. The van der Waals surface area contributed by atoms with Crippen LogP contribution in [0.5, 0.6) is 5.75 Å². The standard InChI is InChI=1S/C13H12N4O4/c1-21-7-2-3-9-8(6-7)13(20)17(16-15-9)10-4-5-11(18)14-12(10)19/h2-3,6,10H,4-5H2,1H3,(H,14,18,19). The third-order valence-corrected chi connectivity index (χ3v) is 3.40. The largest absolute Gasteiger partial charge is 0.497 e. The Morgan fingerprint density at radius 1 is 1.33 bits per heavy atom. The second-order valence-corrected chi connectivity index (χ2v) is 4.69. The molecule has 2 amide bonds. The summed E-state index contributed by atoms with van der Waals surface area (Å²) in [4.78, 5) is 35.5. The number of hydrogen-bond acceptors (Lipinski definition) is 6. The molecular weight excluding hydrogens is 276 g/mol. The lowest BCUT2D eigenvalue weighted by atomic mass is 10.1. The van der Waals surface area contributed by atoms with Crippen molar-refractivity contribution >= 4 is 22.7 Å². The molecule has 1 saturated heterocycles. The lowest BCUT2D eigenvalue weighted by Gasteiger charge is -2.21. The second-order valence-electron chi connectivity index (χ2n) is 4.69. The number of piperidine rings is 1. The van der Waals surface area contributed by atoms with Crippen LogP contribution in [-0.2, 0) is 9.59 Å². The molecule has 21 heavy (non-hydrogen) atoms. The van der Waals surface area contributed by atoms with E-state index in [1.54, 1.807) is 18.2 Å². The predicted octanol–water partition coefficient (Wildman–Crippen LogP) is -0.222. The number of benzene rings is 1. The molecule has 1 aromatic heterocycles. The Labute approximate surface area is 118 Å². The first kappa shape index (κ1) is 13.2. The molecule has 2 heterocycles. The number of hydrogen-bond donors (Lipinski definition) is 1. The van der Waals surface area contributed by atoms with Gasteiger partial charge in [-0.05, 0) is 24.6 Å². The van der Waals surface area contributed by atoms with E-state index in [0.29, 0.717) is 16.7 Å². The number of fused-ring (bicyclic) bond motifs is 1. The fourth-order valence-corrected chi connectivity index (χ4v) is 2.28. The molecule has 1 atom stereocenters. The van der Waals surface area contributed by atoms with Crippen LogP contribution in [-0.4, -0.2) is 33.9 Å². The summed E-state index contributed by atoms with van der Waals surface area (Å²) < 4.78 is 6.09. The average Bonchev–Trinajstić information content (AvgIpc) is 2.48. The molecule has 1 fully saturated rings. The van der Waals surface area contributed by atoms with E-state index in [1.807, 2.05) is 0 Å². The second kappa shape index (κ2) is 4.97. The molecule has 8 nitrogen and oxygen atoms in total. The van der Waals surface area contributed by atoms with Gasteiger partial charge in [-0.1, -0.05) is 5.21 Å². The van der Waals surface area contributed by atoms with E-state index in [-0.39, 0.29) is 18.7 Å². The van der Waals surface area contributed by atoms with Crippen molar-refractivity contribution in [2.24, 2.45) is 0 Å². The molecule has 3 rings (SSSR count). The summed E-state index contributed by atoms with van der Waals surface area (Å²) in [6.07, 6.45) is 0.398. The van der Waals surface area contributed by atoms with Crippen LogP contribution in [0.4, 0.5) is 0 Å². The molecule has 1 unspecified atom stereocenters. The molecule has 8 heteroatoms. The van der Waals surface area contributed by atoms with Crippen molar-refractivity contribution in [1.82, 2.24) is 20.3 Å². The molecule has 1 aliphatic heterocycles. The van der Waals surface area contributed by atoms with Gasteiger partial charge in [-0.3, -0.25) is 19.7 Å². The van der Waals surface area contributed by atoms with Crippen molar-refractivity contribution < 1.29 is 14.3 Å². The average molecular weight is 288 g/mol. The number of ether oxygens (including phenoxy) is 1. The smallest absolute Gasteiger partial charge is 0.278 e. The number of rotatable bonds is 2. The van der Waals surface area contributed by atoms with Crippen LogP contribution in [0.25, 0.3) is 10.9 Å². The Kier molecular flexibility index (Phi) is 3.13. The van der Waals surface area contributed by atoms with Gasteiger partial charge in [0.05, 0.1) is 12.5 Å². The Balaban J connectivity index is 2.11. The number of nitrogens with zero attached hydrogens (tertiary/aromatic N) is 3. The highest BCUT2D eigenvalue weighted by atomic mass is 16.5. The molecule has 0 bridgehead atoms. The third-order valence-electron chi connectivity index (χ3n) is 3.40. The molecule has 0 saturated carbocycles. The topological polar surface area (TPSA) is 103 Å². The van der Waals surface area contributed by atoms with Gasteiger partial charge >= 0.3 is 0 Å². The van der Waals surface area contributed by atoms with Gasteiger partial charge < -0.3 is 4.74 Å². The van der Waals surface area contributed by atoms with Crippen molar-refractivity contribution in [2.75, 3.05) is 7.11 Å². The van der Waals surface area contributed by atoms with Gasteiger partial charge in [-0.15, -0.1) is 5.10 Å². The molecule has 108 valence electrons. The first-order valence-corrected chi connectivity index (χ1v) is 6.37. The third kappa shape index (κ3) is 2.24. The van der Waals surface area contributed by atoms with Crippen molar-refractivity contribution in [3.05, 3.63) is 28.6 Å². The number of carbonyl (C=O) groups is 2. The van der Waals surface area contributed by atoms with Gasteiger partial charge in [0.2, 0.25) is 5.91 Å². The zero-order valence-electron chi connectivity index (χ0n) is 11.2.